The second-order valence-corrected chi connectivity index (χ2v) is 4.33. The van der Waals surface area contributed by atoms with Gasteiger partial charge >= 0.3 is 0 Å². The van der Waals surface area contributed by atoms with Gasteiger partial charge in [-0.05, 0) is 23.6 Å². The van der Waals surface area contributed by atoms with E-state index in [-0.39, 0.29) is 5.92 Å². The Kier molecular flexibility index (Phi) is 3.38. The second kappa shape index (κ2) is 4.80. The average molecular weight is 253 g/mol. The summed E-state index contributed by atoms with van der Waals surface area (Å²) in [7, 11) is 1.58. The highest BCUT2D eigenvalue weighted by Crippen LogP contribution is 2.39. The molecule has 1 heterocycles. The molecule has 0 fully saturated rings. The predicted octanol–water partition coefficient (Wildman–Crippen LogP) is 3.79. The van der Waals surface area contributed by atoms with Crippen molar-refractivity contribution in [1.29, 1.82) is 0 Å². The monoisotopic (exact) mass is 252 g/mol. The maximum atomic E-state index is 10.6. The van der Waals surface area contributed by atoms with Crippen LogP contribution in [0.25, 0.3) is 11.0 Å². The zero-order valence-electron chi connectivity index (χ0n) is 9.70. The average Bonchev–Trinajstić information content (AvgIpc) is 2.79. The fourth-order valence-corrected chi connectivity index (χ4v) is 2.27. The molecule has 17 heavy (non-hydrogen) atoms. The summed E-state index contributed by atoms with van der Waals surface area (Å²) in [4.78, 5) is 10.6. The summed E-state index contributed by atoms with van der Waals surface area (Å²) in [5.41, 5.74) is 1.55. The summed E-state index contributed by atoms with van der Waals surface area (Å²) in [6.45, 7) is 1.96. The lowest BCUT2D eigenvalue weighted by Gasteiger charge is -2.13. The molecule has 1 unspecified atom stereocenters. The van der Waals surface area contributed by atoms with Crippen LogP contribution in [0.1, 0.15) is 24.8 Å². The molecule has 0 radical (unpaired) electrons. The fraction of sp³-hybridized carbons (Fsp3) is 0.308. The molecule has 1 aromatic heterocycles. The van der Waals surface area contributed by atoms with Crippen LogP contribution in [0.15, 0.2) is 22.8 Å². The van der Waals surface area contributed by atoms with Crippen molar-refractivity contribution in [3.05, 3.63) is 29.0 Å². The maximum absolute atomic E-state index is 10.6. The third-order valence-electron chi connectivity index (χ3n) is 2.87. The summed E-state index contributed by atoms with van der Waals surface area (Å²) < 4.78 is 10.6. The third kappa shape index (κ3) is 2.03. The van der Waals surface area contributed by atoms with Crippen molar-refractivity contribution < 1.29 is 13.9 Å². The van der Waals surface area contributed by atoms with Gasteiger partial charge in [-0.3, -0.25) is 0 Å². The number of benzene rings is 1. The molecule has 0 aliphatic rings. The molecule has 0 aliphatic carbocycles. The van der Waals surface area contributed by atoms with Gasteiger partial charge in [0.25, 0.3) is 0 Å². The molecular formula is C13H13ClO3. The number of halogens is 1. The van der Waals surface area contributed by atoms with Gasteiger partial charge in [0.15, 0.2) is 11.3 Å². The highest BCUT2D eigenvalue weighted by Gasteiger charge is 2.17. The molecule has 0 N–H and O–H groups in total. The summed E-state index contributed by atoms with van der Waals surface area (Å²) in [5.74, 6) is 0.704. The van der Waals surface area contributed by atoms with Crippen molar-refractivity contribution >= 4 is 28.9 Å². The second-order valence-electron chi connectivity index (χ2n) is 3.95. The molecule has 3 nitrogen and oxygen atoms in total. The summed E-state index contributed by atoms with van der Waals surface area (Å²) in [6, 6.07) is 3.64. The van der Waals surface area contributed by atoms with E-state index in [0.717, 1.165) is 17.2 Å². The molecule has 2 rings (SSSR count). The minimum absolute atomic E-state index is 0.0631. The van der Waals surface area contributed by atoms with Crippen LogP contribution in [-0.2, 0) is 4.79 Å². The van der Waals surface area contributed by atoms with E-state index < -0.39 is 0 Å². The van der Waals surface area contributed by atoms with Gasteiger partial charge in [0, 0.05) is 11.8 Å². The van der Waals surface area contributed by atoms with Crippen LogP contribution >= 0.6 is 11.6 Å². The van der Waals surface area contributed by atoms with Gasteiger partial charge < -0.3 is 13.9 Å². The van der Waals surface area contributed by atoms with E-state index in [2.05, 4.69) is 0 Å². The van der Waals surface area contributed by atoms with Crippen LogP contribution in [0.3, 0.4) is 0 Å². The van der Waals surface area contributed by atoms with Crippen molar-refractivity contribution in [1.82, 2.24) is 0 Å². The zero-order valence-corrected chi connectivity index (χ0v) is 10.5. The van der Waals surface area contributed by atoms with Crippen molar-refractivity contribution in [2.45, 2.75) is 19.3 Å². The first kappa shape index (κ1) is 12.0. The van der Waals surface area contributed by atoms with E-state index >= 15 is 0 Å². The number of hydrogen-bond donors (Lipinski definition) is 0. The molecule has 0 saturated heterocycles. The molecule has 0 spiro atoms. The van der Waals surface area contributed by atoms with Crippen molar-refractivity contribution in [2.24, 2.45) is 0 Å². The van der Waals surface area contributed by atoms with Gasteiger partial charge in [0.1, 0.15) is 6.29 Å². The first-order valence-electron chi connectivity index (χ1n) is 5.36. The highest BCUT2D eigenvalue weighted by atomic mass is 35.5. The Balaban J connectivity index is 2.63. The quantitative estimate of drug-likeness (QED) is 0.778. The number of furan rings is 1. The van der Waals surface area contributed by atoms with Gasteiger partial charge in [-0.15, -0.1) is 0 Å². The first-order valence-corrected chi connectivity index (χ1v) is 5.74. The molecule has 2 aromatic rings. The van der Waals surface area contributed by atoms with Gasteiger partial charge in [-0.1, -0.05) is 18.5 Å². The number of fused-ring (bicyclic) bond motifs is 1. The van der Waals surface area contributed by atoms with Gasteiger partial charge in [0.2, 0.25) is 0 Å². The van der Waals surface area contributed by atoms with Gasteiger partial charge in [0.05, 0.1) is 18.4 Å². The molecule has 0 aliphatic heterocycles. The van der Waals surface area contributed by atoms with Crippen molar-refractivity contribution in [2.75, 3.05) is 7.11 Å². The zero-order chi connectivity index (χ0) is 12.4. The largest absolute Gasteiger partial charge is 0.493 e. The van der Waals surface area contributed by atoms with Gasteiger partial charge in [-0.25, -0.2) is 0 Å². The molecule has 0 amide bonds. The van der Waals surface area contributed by atoms with Gasteiger partial charge in [-0.2, -0.15) is 0 Å². The number of aldehydes is 1. The number of ether oxygens (including phenoxy) is 1. The molecule has 0 saturated carbocycles. The van der Waals surface area contributed by atoms with Crippen molar-refractivity contribution in [3.8, 4) is 5.75 Å². The van der Waals surface area contributed by atoms with E-state index in [0.29, 0.717) is 22.8 Å². The molecular weight excluding hydrogens is 240 g/mol. The fourth-order valence-electron chi connectivity index (χ4n) is 1.88. The van der Waals surface area contributed by atoms with E-state index in [1.54, 1.807) is 19.4 Å². The smallest absolute Gasteiger partial charge is 0.177 e. The molecule has 90 valence electrons. The minimum atomic E-state index is 0.0631. The van der Waals surface area contributed by atoms with E-state index in [1.165, 1.54) is 0 Å². The Labute approximate surface area is 104 Å². The Morgan fingerprint density at radius 2 is 2.35 bits per heavy atom. The van der Waals surface area contributed by atoms with E-state index in [4.69, 9.17) is 20.8 Å². The molecule has 1 atom stereocenters. The maximum Gasteiger partial charge on any atom is 0.177 e. The lowest BCUT2D eigenvalue weighted by Crippen LogP contribution is -1.97. The Morgan fingerprint density at radius 3 is 3.00 bits per heavy atom. The van der Waals surface area contributed by atoms with Crippen LogP contribution in [0.4, 0.5) is 0 Å². The number of carbonyl (C=O) groups excluding carboxylic acids is 1. The van der Waals surface area contributed by atoms with Crippen LogP contribution < -0.4 is 4.74 Å². The highest BCUT2D eigenvalue weighted by molar-refractivity contribution is 6.36. The summed E-state index contributed by atoms with van der Waals surface area (Å²) in [5, 5.41) is 1.45. The van der Waals surface area contributed by atoms with Crippen LogP contribution in [0.2, 0.25) is 5.02 Å². The van der Waals surface area contributed by atoms with Crippen LogP contribution in [0.5, 0.6) is 5.75 Å². The summed E-state index contributed by atoms with van der Waals surface area (Å²) >= 11 is 6.31. The van der Waals surface area contributed by atoms with Crippen LogP contribution in [-0.4, -0.2) is 13.4 Å². The van der Waals surface area contributed by atoms with E-state index in [9.17, 15) is 4.79 Å². The predicted molar refractivity (Wildman–Crippen MR) is 66.9 cm³/mol. The topological polar surface area (TPSA) is 39.4 Å². The SMILES string of the molecule is COc1cc(C(C)CC=O)c(Cl)c2ccoc12. The minimum Gasteiger partial charge on any atom is -0.493 e. The summed E-state index contributed by atoms with van der Waals surface area (Å²) in [6.07, 6.45) is 2.91. The number of methoxy groups -OCH3 is 1. The number of rotatable bonds is 4. The third-order valence-corrected chi connectivity index (χ3v) is 3.29. The van der Waals surface area contributed by atoms with Crippen molar-refractivity contribution in [3.63, 3.8) is 0 Å². The number of carbonyl (C=O) groups is 1. The van der Waals surface area contributed by atoms with E-state index in [1.807, 2.05) is 13.0 Å². The molecule has 4 heteroatoms. The Hall–Kier alpha value is -1.48. The van der Waals surface area contributed by atoms with Crippen LogP contribution in [0, 0.1) is 0 Å². The lowest BCUT2D eigenvalue weighted by molar-refractivity contribution is -0.108. The molecule has 0 bridgehead atoms. The Bertz CT molecular complexity index is 545. The number of hydrogen-bond acceptors (Lipinski definition) is 3. The Morgan fingerprint density at radius 1 is 1.59 bits per heavy atom. The standard InChI is InChI=1S/C13H13ClO3/c1-8(3-5-15)10-7-11(16-2)13-9(12(10)14)4-6-17-13/h4-8H,3H2,1-2H3. The lowest BCUT2D eigenvalue weighted by atomic mass is 9.97. The molecule has 1 aromatic carbocycles. The first-order chi connectivity index (χ1) is 8.19. The normalized spacial score (nSPS) is 12.6.